The van der Waals surface area contributed by atoms with Crippen molar-refractivity contribution in [3.8, 4) is 0 Å². The SMILES string of the molecule is CC(C)c1ccc(N2CCN(C)C(CCN)C2)cc1. The molecular formula is C16H27N3. The predicted molar refractivity (Wildman–Crippen MR) is 82.8 cm³/mol. The Morgan fingerprint density at radius 2 is 1.89 bits per heavy atom. The Morgan fingerprint density at radius 1 is 1.21 bits per heavy atom. The molecule has 1 aromatic carbocycles. The van der Waals surface area contributed by atoms with Crippen LogP contribution in [0.3, 0.4) is 0 Å². The van der Waals surface area contributed by atoms with Gasteiger partial charge in [-0.25, -0.2) is 0 Å². The van der Waals surface area contributed by atoms with Gasteiger partial charge in [-0.2, -0.15) is 0 Å². The number of nitrogens with zero attached hydrogens (tertiary/aromatic N) is 2. The number of hydrogen-bond acceptors (Lipinski definition) is 3. The highest BCUT2D eigenvalue weighted by atomic mass is 15.3. The van der Waals surface area contributed by atoms with Crippen LogP contribution in [0.25, 0.3) is 0 Å². The molecule has 1 saturated heterocycles. The Morgan fingerprint density at radius 3 is 2.47 bits per heavy atom. The summed E-state index contributed by atoms with van der Waals surface area (Å²) in [4.78, 5) is 4.93. The Bertz CT molecular complexity index is 385. The molecule has 1 aliphatic heterocycles. The maximum absolute atomic E-state index is 5.71. The molecule has 2 N–H and O–H groups in total. The minimum absolute atomic E-state index is 0.587. The van der Waals surface area contributed by atoms with Crippen LogP contribution in [-0.2, 0) is 0 Å². The third-order valence-corrected chi connectivity index (χ3v) is 4.20. The summed E-state index contributed by atoms with van der Waals surface area (Å²) in [5, 5.41) is 0. The molecule has 1 unspecified atom stereocenters. The van der Waals surface area contributed by atoms with Crippen LogP contribution in [0.2, 0.25) is 0 Å². The van der Waals surface area contributed by atoms with Gasteiger partial charge < -0.3 is 10.6 Å². The van der Waals surface area contributed by atoms with Gasteiger partial charge in [0.05, 0.1) is 0 Å². The molecule has 1 heterocycles. The smallest absolute Gasteiger partial charge is 0.0367 e. The molecule has 0 radical (unpaired) electrons. The summed E-state index contributed by atoms with van der Waals surface area (Å²) >= 11 is 0. The second-order valence-electron chi connectivity index (χ2n) is 5.90. The van der Waals surface area contributed by atoms with Crippen molar-refractivity contribution in [1.82, 2.24) is 4.90 Å². The normalized spacial score (nSPS) is 21.1. The highest BCUT2D eigenvalue weighted by Gasteiger charge is 2.23. The van der Waals surface area contributed by atoms with E-state index in [0.29, 0.717) is 12.0 Å². The molecule has 1 fully saturated rings. The van der Waals surface area contributed by atoms with Crippen molar-refractivity contribution in [3.63, 3.8) is 0 Å². The Kier molecular flexibility index (Phi) is 4.83. The lowest BCUT2D eigenvalue weighted by atomic mass is 10.0. The fraction of sp³-hybridized carbons (Fsp3) is 0.625. The van der Waals surface area contributed by atoms with E-state index in [1.165, 1.54) is 11.3 Å². The molecule has 1 atom stereocenters. The van der Waals surface area contributed by atoms with Crippen LogP contribution in [0.15, 0.2) is 24.3 Å². The molecular weight excluding hydrogens is 234 g/mol. The molecule has 0 bridgehead atoms. The zero-order chi connectivity index (χ0) is 13.8. The topological polar surface area (TPSA) is 32.5 Å². The molecule has 3 nitrogen and oxygen atoms in total. The summed E-state index contributed by atoms with van der Waals surface area (Å²) in [5.74, 6) is 0.603. The molecule has 0 saturated carbocycles. The van der Waals surface area contributed by atoms with Crippen LogP contribution in [0.4, 0.5) is 5.69 Å². The lowest BCUT2D eigenvalue weighted by molar-refractivity contribution is 0.210. The van der Waals surface area contributed by atoms with Gasteiger partial charge in [-0.05, 0) is 43.6 Å². The van der Waals surface area contributed by atoms with Gasteiger partial charge in [-0.15, -0.1) is 0 Å². The van der Waals surface area contributed by atoms with Crippen LogP contribution in [0.5, 0.6) is 0 Å². The van der Waals surface area contributed by atoms with Gasteiger partial charge in [0.15, 0.2) is 0 Å². The first-order valence-corrected chi connectivity index (χ1v) is 7.37. The van der Waals surface area contributed by atoms with E-state index < -0.39 is 0 Å². The average molecular weight is 261 g/mol. The fourth-order valence-corrected chi connectivity index (χ4v) is 2.75. The van der Waals surface area contributed by atoms with Crippen molar-refractivity contribution in [2.24, 2.45) is 5.73 Å². The average Bonchev–Trinajstić information content (AvgIpc) is 2.41. The van der Waals surface area contributed by atoms with Crippen LogP contribution in [0, 0.1) is 0 Å². The number of nitrogens with two attached hydrogens (primary N) is 1. The van der Waals surface area contributed by atoms with Gasteiger partial charge in [-0.3, -0.25) is 4.90 Å². The van der Waals surface area contributed by atoms with Gasteiger partial charge in [0, 0.05) is 31.4 Å². The number of likely N-dealkylation sites (N-methyl/N-ethyl adjacent to an activating group) is 1. The first-order chi connectivity index (χ1) is 9.11. The summed E-state index contributed by atoms with van der Waals surface area (Å²) in [7, 11) is 2.21. The monoisotopic (exact) mass is 261 g/mol. The summed E-state index contributed by atoms with van der Waals surface area (Å²) in [6, 6.07) is 9.64. The lowest BCUT2D eigenvalue weighted by Gasteiger charge is -2.40. The summed E-state index contributed by atoms with van der Waals surface area (Å²) in [6.07, 6.45) is 1.08. The third-order valence-electron chi connectivity index (χ3n) is 4.20. The van der Waals surface area contributed by atoms with Crippen molar-refractivity contribution in [3.05, 3.63) is 29.8 Å². The van der Waals surface area contributed by atoms with Crippen molar-refractivity contribution in [2.45, 2.75) is 32.2 Å². The van der Waals surface area contributed by atoms with Gasteiger partial charge in [-0.1, -0.05) is 26.0 Å². The highest BCUT2D eigenvalue weighted by Crippen LogP contribution is 2.22. The summed E-state index contributed by atoms with van der Waals surface area (Å²) in [6.45, 7) is 8.57. The van der Waals surface area contributed by atoms with Crippen LogP contribution < -0.4 is 10.6 Å². The molecule has 0 amide bonds. The van der Waals surface area contributed by atoms with E-state index in [9.17, 15) is 0 Å². The number of rotatable bonds is 4. The van der Waals surface area contributed by atoms with Crippen LogP contribution in [0.1, 0.15) is 31.7 Å². The highest BCUT2D eigenvalue weighted by molar-refractivity contribution is 5.48. The van der Waals surface area contributed by atoms with Crippen LogP contribution >= 0.6 is 0 Å². The van der Waals surface area contributed by atoms with Crippen molar-refractivity contribution in [2.75, 3.05) is 38.1 Å². The molecule has 0 aromatic heterocycles. The number of benzene rings is 1. The van der Waals surface area contributed by atoms with Crippen molar-refractivity contribution in [1.29, 1.82) is 0 Å². The van der Waals surface area contributed by atoms with E-state index in [4.69, 9.17) is 5.73 Å². The van der Waals surface area contributed by atoms with E-state index in [2.05, 4.69) is 55.0 Å². The maximum atomic E-state index is 5.71. The third kappa shape index (κ3) is 3.48. The Hall–Kier alpha value is -1.06. The lowest BCUT2D eigenvalue weighted by Crippen LogP contribution is -2.52. The molecule has 1 aromatic rings. The second kappa shape index (κ2) is 6.40. The maximum Gasteiger partial charge on any atom is 0.0367 e. The minimum Gasteiger partial charge on any atom is -0.369 e. The van der Waals surface area contributed by atoms with Gasteiger partial charge in [0.2, 0.25) is 0 Å². The zero-order valence-corrected chi connectivity index (χ0v) is 12.5. The predicted octanol–water partition coefficient (Wildman–Crippen LogP) is 2.28. The van der Waals surface area contributed by atoms with Gasteiger partial charge in [0.1, 0.15) is 0 Å². The first-order valence-electron chi connectivity index (χ1n) is 7.37. The number of piperazine rings is 1. The molecule has 19 heavy (non-hydrogen) atoms. The Balaban J connectivity index is 2.05. The van der Waals surface area contributed by atoms with Crippen molar-refractivity contribution < 1.29 is 0 Å². The van der Waals surface area contributed by atoms with E-state index >= 15 is 0 Å². The second-order valence-corrected chi connectivity index (χ2v) is 5.90. The van der Waals surface area contributed by atoms with E-state index in [1.807, 2.05) is 0 Å². The molecule has 0 aliphatic carbocycles. The molecule has 3 heteroatoms. The van der Waals surface area contributed by atoms with Crippen molar-refractivity contribution >= 4 is 5.69 Å². The summed E-state index contributed by atoms with van der Waals surface area (Å²) < 4.78 is 0. The standard InChI is InChI=1S/C16H27N3/c1-13(2)14-4-6-15(7-5-14)19-11-10-18(3)16(12-19)8-9-17/h4-7,13,16H,8-12,17H2,1-3H3. The zero-order valence-electron chi connectivity index (χ0n) is 12.5. The molecule has 2 rings (SSSR count). The molecule has 106 valence electrons. The van der Waals surface area contributed by atoms with E-state index in [-0.39, 0.29) is 0 Å². The van der Waals surface area contributed by atoms with Crippen LogP contribution in [-0.4, -0.2) is 44.2 Å². The first kappa shape index (κ1) is 14.4. The van der Waals surface area contributed by atoms with Gasteiger partial charge >= 0.3 is 0 Å². The van der Waals surface area contributed by atoms with Gasteiger partial charge in [0.25, 0.3) is 0 Å². The molecule has 1 aliphatic rings. The van der Waals surface area contributed by atoms with E-state index in [0.717, 1.165) is 32.6 Å². The largest absolute Gasteiger partial charge is 0.369 e. The van der Waals surface area contributed by atoms with E-state index in [1.54, 1.807) is 0 Å². The number of hydrogen-bond donors (Lipinski definition) is 1. The number of anilines is 1. The quantitative estimate of drug-likeness (QED) is 0.902. The summed E-state index contributed by atoms with van der Waals surface area (Å²) in [5.41, 5.74) is 8.47. The Labute approximate surface area is 117 Å². The fourth-order valence-electron chi connectivity index (χ4n) is 2.75. The minimum atomic E-state index is 0.587. The molecule has 0 spiro atoms.